The van der Waals surface area contributed by atoms with Crippen LogP contribution in [0.3, 0.4) is 0 Å². The van der Waals surface area contributed by atoms with Gasteiger partial charge in [0.05, 0.1) is 4.92 Å². The Balaban J connectivity index is 2.45. The number of alkyl halides is 3. The molecular weight excluding hydrogens is 431 g/mol. The number of ether oxygens (including phenoxy) is 2. The van der Waals surface area contributed by atoms with Crippen molar-refractivity contribution in [3.8, 4) is 17.4 Å². The summed E-state index contributed by atoms with van der Waals surface area (Å²) in [6, 6.07) is 2.43. The molecule has 0 aliphatic rings. The van der Waals surface area contributed by atoms with Crippen molar-refractivity contribution in [2.75, 3.05) is 0 Å². The summed E-state index contributed by atoms with van der Waals surface area (Å²) < 4.78 is 49.0. The SMILES string of the molecule is Cn1nc(Oc2ccc([N+](=O)[O-])c(OC(C(=O)O)C(=O)O)c2)c(Cl)c1C(F)(F)F. The van der Waals surface area contributed by atoms with E-state index >= 15 is 0 Å². The zero-order valence-electron chi connectivity index (χ0n) is 14.0. The maximum absolute atomic E-state index is 13.0. The van der Waals surface area contributed by atoms with Crippen LogP contribution < -0.4 is 9.47 Å². The second-order valence-corrected chi connectivity index (χ2v) is 5.63. The number of aliphatic carboxylic acids is 2. The quantitative estimate of drug-likeness (QED) is 0.376. The lowest BCUT2D eigenvalue weighted by molar-refractivity contribution is -0.386. The molecule has 0 saturated carbocycles. The Kier molecular flexibility index (Phi) is 5.87. The third kappa shape index (κ3) is 4.66. The fraction of sp³-hybridized carbons (Fsp3) is 0.214. The number of carboxylic acid groups (broad SMARTS) is 2. The van der Waals surface area contributed by atoms with Crippen LogP contribution in [0.1, 0.15) is 5.69 Å². The molecule has 2 aromatic rings. The summed E-state index contributed by atoms with van der Waals surface area (Å²) in [7, 11) is 0.955. The number of hydrogen-bond acceptors (Lipinski definition) is 7. The smallest absolute Gasteiger partial charge is 0.434 e. The zero-order chi connectivity index (χ0) is 22.1. The van der Waals surface area contributed by atoms with Crippen LogP contribution in [0.15, 0.2) is 18.2 Å². The van der Waals surface area contributed by atoms with E-state index in [4.69, 9.17) is 26.6 Å². The summed E-state index contributed by atoms with van der Waals surface area (Å²) >= 11 is 5.63. The summed E-state index contributed by atoms with van der Waals surface area (Å²) in [4.78, 5) is 31.9. The minimum absolute atomic E-state index is 0.381. The number of nitro benzene ring substituents is 1. The molecule has 0 bridgehead atoms. The first-order valence-electron chi connectivity index (χ1n) is 7.21. The van der Waals surface area contributed by atoms with Gasteiger partial charge in [0, 0.05) is 19.2 Å². The average molecular weight is 440 g/mol. The van der Waals surface area contributed by atoms with Gasteiger partial charge < -0.3 is 19.7 Å². The first kappa shape index (κ1) is 21.7. The van der Waals surface area contributed by atoms with Gasteiger partial charge in [0.1, 0.15) is 10.8 Å². The summed E-state index contributed by atoms with van der Waals surface area (Å²) in [5.41, 5.74) is -2.13. The van der Waals surface area contributed by atoms with Crippen molar-refractivity contribution in [1.29, 1.82) is 0 Å². The van der Waals surface area contributed by atoms with Crippen LogP contribution in [0.25, 0.3) is 0 Å². The molecule has 0 aliphatic carbocycles. The second kappa shape index (κ2) is 7.83. The molecule has 0 saturated heterocycles. The number of rotatable bonds is 7. The summed E-state index contributed by atoms with van der Waals surface area (Å²) in [5, 5.41) is 31.3. The lowest BCUT2D eigenvalue weighted by Crippen LogP contribution is -2.35. The average Bonchev–Trinajstić information content (AvgIpc) is 2.85. The number of hydrogen-bond donors (Lipinski definition) is 2. The predicted octanol–water partition coefficient (Wildman–Crippen LogP) is 2.71. The molecule has 1 aromatic carbocycles. The molecule has 0 aliphatic heterocycles. The number of nitro groups is 1. The number of halogens is 4. The highest BCUT2D eigenvalue weighted by Gasteiger charge is 2.39. The highest BCUT2D eigenvalue weighted by molar-refractivity contribution is 6.32. The first-order valence-corrected chi connectivity index (χ1v) is 7.59. The van der Waals surface area contributed by atoms with Gasteiger partial charge in [0.25, 0.3) is 12.0 Å². The van der Waals surface area contributed by atoms with Gasteiger partial charge in [-0.3, -0.25) is 14.8 Å². The van der Waals surface area contributed by atoms with E-state index in [-0.39, 0.29) is 5.75 Å². The fourth-order valence-corrected chi connectivity index (χ4v) is 2.40. The molecule has 2 rings (SSSR count). The maximum atomic E-state index is 13.0. The molecule has 0 unspecified atom stereocenters. The fourth-order valence-electron chi connectivity index (χ4n) is 2.09. The molecule has 0 radical (unpaired) electrons. The van der Waals surface area contributed by atoms with Gasteiger partial charge >= 0.3 is 23.8 Å². The van der Waals surface area contributed by atoms with Crippen LogP contribution in [-0.2, 0) is 22.8 Å². The number of nitrogens with zero attached hydrogens (tertiary/aromatic N) is 3. The highest BCUT2D eigenvalue weighted by atomic mass is 35.5. The Bertz CT molecular complexity index is 977. The highest BCUT2D eigenvalue weighted by Crippen LogP contribution is 2.41. The number of benzene rings is 1. The normalized spacial score (nSPS) is 11.4. The van der Waals surface area contributed by atoms with Crippen molar-refractivity contribution in [2.45, 2.75) is 12.3 Å². The molecule has 0 amide bonds. The molecule has 0 fully saturated rings. The number of carbonyl (C=O) groups is 2. The van der Waals surface area contributed by atoms with Crippen LogP contribution in [0.5, 0.6) is 17.4 Å². The largest absolute Gasteiger partial charge is 0.478 e. The molecule has 1 aromatic heterocycles. The van der Waals surface area contributed by atoms with Crippen molar-refractivity contribution in [2.24, 2.45) is 7.05 Å². The lowest BCUT2D eigenvalue weighted by atomic mass is 10.2. The monoisotopic (exact) mass is 439 g/mol. The minimum Gasteiger partial charge on any atom is -0.478 e. The van der Waals surface area contributed by atoms with E-state index in [0.29, 0.717) is 4.68 Å². The molecule has 29 heavy (non-hydrogen) atoms. The van der Waals surface area contributed by atoms with Crippen LogP contribution >= 0.6 is 11.6 Å². The molecule has 156 valence electrons. The van der Waals surface area contributed by atoms with Crippen LogP contribution in [0.2, 0.25) is 5.02 Å². The third-order valence-corrected chi connectivity index (χ3v) is 3.61. The Labute approximate surface area is 163 Å². The Morgan fingerprint density at radius 1 is 1.31 bits per heavy atom. The topological polar surface area (TPSA) is 154 Å². The van der Waals surface area contributed by atoms with Gasteiger partial charge in [-0.1, -0.05) is 11.6 Å². The van der Waals surface area contributed by atoms with Gasteiger partial charge in [0.2, 0.25) is 5.75 Å². The van der Waals surface area contributed by atoms with E-state index in [1.165, 1.54) is 0 Å². The van der Waals surface area contributed by atoms with E-state index < -0.39 is 57.2 Å². The molecule has 0 spiro atoms. The van der Waals surface area contributed by atoms with E-state index in [9.17, 15) is 32.9 Å². The Morgan fingerprint density at radius 3 is 2.34 bits per heavy atom. The summed E-state index contributed by atoms with van der Waals surface area (Å²) in [5.74, 6) is -5.78. The summed E-state index contributed by atoms with van der Waals surface area (Å²) in [6.07, 6.45) is -7.33. The van der Waals surface area contributed by atoms with Crippen molar-refractivity contribution >= 4 is 29.2 Å². The number of aryl methyl sites for hydroxylation is 1. The van der Waals surface area contributed by atoms with Crippen molar-refractivity contribution in [3.63, 3.8) is 0 Å². The standard InChI is InChI=1S/C14H9ClF3N3O8/c1-20-10(14(16,17)18)8(15)11(19-20)28-5-2-3-6(21(26)27)7(4-5)29-9(12(22)23)13(24)25/h2-4,9H,1H3,(H,22,23)(H,24,25). The van der Waals surface area contributed by atoms with Gasteiger partial charge in [0.15, 0.2) is 5.69 Å². The van der Waals surface area contributed by atoms with Crippen molar-refractivity contribution < 1.29 is 47.4 Å². The van der Waals surface area contributed by atoms with E-state index in [1.54, 1.807) is 0 Å². The van der Waals surface area contributed by atoms with Crippen LogP contribution in [0.4, 0.5) is 18.9 Å². The zero-order valence-corrected chi connectivity index (χ0v) is 14.8. The molecule has 2 N–H and O–H groups in total. The second-order valence-electron chi connectivity index (χ2n) is 5.25. The molecular formula is C14H9ClF3N3O8. The van der Waals surface area contributed by atoms with Gasteiger partial charge in [-0.15, -0.1) is 5.10 Å². The first-order chi connectivity index (χ1) is 13.3. The van der Waals surface area contributed by atoms with Crippen LogP contribution in [0, 0.1) is 10.1 Å². The van der Waals surface area contributed by atoms with Gasteiger partial charge in [-0.25, -0.2) is 9.59 Å². The van der Waals surface area contributed by atoms with Gasteiger partial charge in [-0.05, 0) is 6.07 Å². The predicted molar refractivity (Wildman–Crippen MR) is 86.1 cm³/mol. The maximum Gasteiger partial charge on any atom is 0.434 e. The Hall–Kier alpha value is -3.55. The number of aromatic nitrogens is 2. The van der Waals surface area contributed by atoms with E-state index in [1.807, 2.05) is 0 Å². The minimum atomic E-state index is -4.85. The van der Waals surface area contributed by atoms with E-state index in [0.717, 1.165) is 25.2 Å². The molecule has 15 heteroatoms. The molecule has 0 atom stereocenters. The lowest BCUT2D eigenvalue weighted by Gasteiger charge is -2.12. The number of carboxylic acids is 2. The molecule has 1 heterocycles. The van der Waals surface area contributed by atoms with Crippen molar-refractivity contribution in [3.05, 3.63) is 39.0 Å². The molecule has 11 nitrogen and oxygen atoms in total. The van der Waals surface area contributed by atoms with E-state index in [2.05, 4.69) is 9.84 Å². The summed E-state index contributed by atoms with van der Waals surface area (Å²) in [6.45, 7) is 0. The van der Waals surface area contributed by atoms with Gasteiger partial charge in [-0.2, -0.15) is 13.2 Å². The third-order valence-electron chi connectivity index (χ3n) is 3.26. The van der Waals surface area contributed by atoms with Crippen LogP contribution in [-0.4, -0.2) is 43.0 Å². The van der Waals surface area contributed by atoms with Crippen molar-refractivity contribution in [1.82, 2.24) is 9.78 Å². The Morgan fingerprint density at radius 2 is 1.90 bits per heavy atom.